The summed E-state index contributed by atoms with van der Waals surface area (Å²) in [7, 11) is 0. The summed E-state index contributed by atoms with van der Waals surface area (Å²) in [5, 5.41) is 3.05. The number of piperidine rings is 2. The van der Waals surface area contributed by atoms with Gasteiger partial charge < -0.3 is 16.0 Å². The van der Waals surface area contributed by atoms with Crippen molar-refractivity contribution in [2.24, 2.45) is 11.7 Å². The molecule has 4 rings (SSSR count). The molecule has 6 nitrogen and oxygen atoms in total. The fourth-order valence-electron chi connectivity index (χ4n) is 4.79. The highest BCUT2D eigenvalue weighted by Crippen LogP contribution is 2.38. The van der Waals surface area contributed by atoms with Crippen LogP contribution in [0.4, 0.5) is 4.79 Å². The lowest BCUT2D eigenvalue weighted by molar-refractivity contribution is 0.0296. The van der Waals surface area contributed by atoms with E-state index in [9.17, 15) is 9.59 Å². The number of hydrogen-bond acceptors (Lipinski definition) is 3. The van der Waals surface area contributed by atoms with Crippen LogP contribution in [0.15, 0.2) is 24.3 Å². The molecule has 146 valence electrons. The number of nitrogens with two attached hydrogens (primary N) is 1. The molecule has 27 heavy (non-hydrogen) atoms. The Labute approximate surface area is 161 Å². The monoisotopic (exact) mass is 370 g/mol. The molecule has 1 saturated carbocycles. The number of benzene rings is 1. The summed E-state index contributed by atoms with van der Waals surface area (Å²) in [6.45, 7) is 3.56. The van der Waals surface area contributed by atoms with E-state index in [1.54, 1.807) is 12.1 Å². The van der Waals surface area contributed by atoms with Gasteiger partial charge in [0.25, 0.3) is 0 Å². The Hall–Kier alpha value is -2.08. The first-order valence-corrected chi connectivity index (χ1v) is 10.3. The van der Waals surface area contributed by atoms with Crippen LogP contribution in [0.2, 0.25) is 0 Å². The topological polar surface area (TPSA) is 78.7 Å². The van der Waals surface area contributed by atoms with E-state index < -0.39 is 5.91 Å². The Morgan fingerprint density at radius 1 is 1.15 bits per heavy atom. The predicted octanol–water partition coefficient (Wildman–Crippen LogP) is 1.99. The summed E-state index contributed by atoms with van der Waals surface area (Å²) >= 11 is 0. The Balaban J connectivity index is 1.25. The quantitative estimate of drug-likeness (QED) is 0.832. The van der Waals surface area contributed by atoms with Crippen molar-refractivity contribution in [1.82, 2.24) is 15.1 Å². The number of amides is 3. The van der Waals surface area contributed by atoms with Crippen LogP contribution in [0.25, 0.3) is 0 Å². The van der Waals surface area contributed by atoms with E-state index in [0.29, 0.717) is 30.5 Å². The molecule has 0 bridgehead atoms. The van der Waals surface area contributed by atoms with Crippen molar-refractivity contribution in [3.63, 3.8) is 0 Å². The lowest BCUT2D eigenvalue weighted by atomic mass is 9.84. The van der Waals surface area contributed by atoms with Gasteiger partial charge in [0.1, 0.15) is 0 Å². The number of primary amides is 1. The van der Waals surface area contributed by atoms with E-state index in [1.807, 2.05) is 17.0 Å². The van der Waals surface area contributed by atoms with Crippen LogP contribution >= 0.6 is 0 Å². The summed E-state index contributed by atoms with van der Waals surface area (Å²) in [5.41, 5.74) is 6.85. The highest BCUT2D eigenvalue weighted by Gasteiger charge is 2.42. The van der Waals surface area contributed by atoms with Gasteiger partial charge in [0.2, 0.25) is 5.91 Å². The molecule has 3 aliphatic rings. The average molecular weight is 370 g/mol. The van der Waals surface area contributed by atoms with Crippen LogP contribution in [0.3, 0.4) is 0 Å². The minimum absolute atomic E-state index is 0.0445. The van der Waals surface area contributed by atoms with Crippen LogP contribution < -0.4 is 11.1 Å². The summed E-state index contributed by atoms with van der Waals surface area (Å²) < 4.78 is 0. The Bertz CT molecular complexity index is 703. The van der Waals surface area contributed by atoms with E-state index >= 15 is 0 Å². The maximum atomic E-state index is 12.6. The second kappa shape index (κ2) is 7.89. The second-order valence-electron chi connectivity index (χ2n) is 8.22. The zero-order chi connectivity index (χ0) is 18.8. The van der Waals surface area contributed by atoms with Gasteiger partial charge in [-0.3, -0.25) is 9.69 Å². The molecule has 0 spiro atoms. The number of rotatable bonds is 5. The predicted molar refractivity (Wildman–Crippen MR) is 104 cm³/mol. The SMILES string of the molecule is NC(=O)c1cccc(CCNC(=O)N2CCC3C(CCCN3C3CC3)C2)c1. The average Bonchev–Trinajstić information content (AvgIpc) is 3.52. The Morgan fingerprint density at radius 2 is 2.00 bits per heavy atom. The third kappa shape index (κ3) is 4.26. The van der Waals surface area contributed by atoms with Crippen molar-refractivity contribution in [3.05, 3.63) is 35.4 Å². The van der Waals surface area contributed by atoms with E-state index in [-0.39, 0.29) is 6.03 Å². The smallest absolute Gasteiger partial charge is 0.317 e. The normalized spacial score (nSPS) is 25.7. The lowest BCUT2D eigenvalue weighted by Gasteiger charge is -2.47. The molecule has 2 atom stereocenters. The number of nitrogens with zero attached hydrogens (tertiary/aromatic N) is 2. The minimum Gasteiger partial charge on any atom is -0.366 e. The summed E-state index contributed by atoms with van der Waals surface area (Å²) in [5.74, 6) is 0.211. The molecule has 0 radical (unpaired) electrons. The first-order chi connectivity index (χ1) is 13.1. The summed E-state index contributed by atoms with van der Waals surface area (Å²) in [6, 6.07) is 8.86. The van der Waals surface area contributed by atoms with E-state index in [4.69, 9.17) is 5.73 Å². The van der Waals surface area contributed by atoms with Crippen LogP contribution in [0.1, 0.15) is 48.0 Å². The van der Waals surface area contributed by atoms with Gasteiger partial charge in [-0.05, 0) is 68.7 Å². The van der Waals surface area contributed by atoms with Crippen molar-refractivity contribution in [1.29, 1.82) is 0 Å². The maximum Gasteiger partial charge on any atom is 0.317 e. The lowest BCUT2D eigenvalue weighted by Crippen LogP contribution is -2.57. The zero-order valence-corrected chi connectivity index (χ0v) is 15.9. The van der Waals surface area contributed by atoms with Crippen molar-refractivity contribution in [2.45, 2.75) is 50.6 Å². The van der Waals surface area contributed by atoms with Gasteiger partial charge in [-0.15, -0.1) is 0 Å². The van der Waals surface area contributed by atoms with Gasteiger partial charge in [-0.2, -0.15) is 0 Å². The van der Waals surface area contributed by atoms with E-state index in [1.165, 1.54) is 32.2 Å². The molecule has 1 aromatic carbocycles. The van der Waals surface area contributed by atoms with Gasteiger partial charge in [-0.1, -0.05) is 12.1 Å². The van der Waals surface area contributed by atoms with Gasteiger partial charge >= 0.3 is 6.03 Å². The summed E-state index contributed by atoms with van der Waals surface area (Å²) in [4.78, 5) is 28.6. The highest BCUT2D eigenvalue weighted by atomic mass is 16.2. The Morgan fingerprint density at radius 3 is 2.78 bits per heavy atom. The van der Waals surface area contributed by atoms with Crippen LogP contribution in [-0.2, 0) is 6.42 Å². The van der Waals surface area contributed by atoms with Gasteiger partial charge in [-0.25, -0.2) is 4.79 Å². The Kier molecular flexibility index (Phi) is 5.34. The largest absolute Gasteiger partial charge is 0.366 e. The van der Waals surface area contributed by atoms with Crippen molar-refractivity contribution in [2.75, 3.05) is 26.2 Å². The van der Waals surface area contributed by atoms with Crippen LogP contribution in [-0.4, -0.2) is 60.0 Å². The highest BCUT2D eigenvalue weighted by molar-refractivity contribution is 5.92. The molecular formula is C21H30N4O2. The second-order valence-corrected chi connectivity index (χ2v) is 8.22. The number of carbonyl (C=O) groups is 2. The van der Waals surface area contributed by atoms with Gasteiger partial charge in [0, 0.05) is 37.3 Å². The van der Waals surface area contributed by atoms with Crippen LogP contribution in [0, 0.1) is 5.92 Å². The first-order valence-electron chi connectivity index (χ1n) is 10.3. The molecule has 6 heteroatoms. The third-order valence-corrected chi connectivity index (χ3v) is 6.32. The third-order valence-electron chi connectivity index (χ3n) is 6.32. The molecule has 1 aliphatic carbocycles. The minimum atomic E-state index is -0.420. The number of fused-ring (bicyclic) bond motifs is 1. The molecular weight excluding hydrogens is 340 g/mol. The van der Waals surface area contributed by atoms with Gasteiger partial charge in [0.15, 0.2) is 0 Å². The number of hydrogen-bond donors (Lipinski definition) is 2. The molecule has 2 aliphatic heterocycles. The molecule has 3 amide bonds. The molecule has 1 aromatic rings. The van der Waals surface area contributed by atoms with Crippen molar-refractivity contribution in [3.8, 4) is 0 Å². The number of nitrogens with one attached hydrogen (secondary N) is 1. The van der Waals surface area contributed by atoms with E-state index in [0.717, 1.165) is 31.1 Å². The van der Waals surface area contributed by atoms with Gasteiger partial charge in [0.05, 0.1) is 0 Å². The van der Waals surface area contributed by atoms with Crippen molar-refractivity contribution < 1.29 is 9.59 Å². The first kappa shape index (κ1) is 18.3. The fraction of sp³-hybridized carbons (Fsp3) is 0.619. The number of carbonyl (C=O) groups excluding carboxylic acids is 2. The van der Waals surface area contributed by atoms with Crippen LogP contribution in [0.5, 0.6) is 0 Å². The molecule has 3 N–H and O–H groups in total. The number of urea groups is 1. The fourth-order valence-corrected chi connectivity index (χ4v) is 4.79. The standard InChI is InChI=1S/C21H30N4O2/c22-20(26)16-4-1-3-15(13-16)8-10-23-21(27)24-12-9-19-17(14-24)5-2-11-25(19)18-6-7-18/h1,3-4,13,17-19H,2,5-12,14H2,(H2,22,26)(H,23,27). The molecule has 2 unspecified atom stereocenters. The van der Waals surface area contributed by atoms with E-state index in [2.05, 4.69) is 10.2 Å². The molecule has 2 saturated heterocycles. The molecule has 3 fully saturated rings. The number of likely N-dealkylation sites (tertiary alicyclic amines) is 2. The van der Waals surface area contributed by atoms with Crippen molar-refractivity contribution >= 4 is 11.9 Å². The zero-order valence-electron chi connectivity index (χ0n) is 15.9. The summed E-state index contributed by atoms with van der Waals surface area (Å²) in [6.07, 6.45) is 7.05. The molecule has 2 heterocycles. The molecule has 0 aromatic heterocycles. The maximum absolute atomic E-state index is 12.6.